The highest BCUT2D eigenvalue weighted by Crippen LogP contribution is 2.51. The lowest BCUT2D eigenvalue weighted by atomic mass is 9.70. The Morgan fingerprint density at radius 3 is 2.19 bits per heavy atom. The monoisotopic (exact) mass is 432 g/mol. The van der Waals surface area contributed by atoms with Gasteiger partial charge < -0.3 is 18.9 Å². The summed E-state index contributed by atoms with van der Waals surface area (Å²) in [6.07, 6.45) is 4.02. The molecule has 166 valence electrons. The molecule has 0 saturated heterocycles. The third kappa shape index (κ3) is 3.29. The van der Waals surface area contributed by atoms with Crippen LogP contribution < -0.4 is 14.2 Å². The number of ether oxygens (including phenoxy) is 4. The van der Waals surface area contributed by atoms with Gasteiger partial charge in [0.15, 0.2) is 17.1 Å². The molecule has 5 nitrogen and oxygen atoms in total. The first-order chi connectivity index (χ1) is 15.3. The number of fused-ring (bicyclic) bond motifs is 3. The van der Waals surface area contributed by atoms with Gasteiger partial charge in [-0.15, -0.1) is 0 Å². The van der Waals surface area contributed by atoms with Crippen LogP contribution in [0.1, 0.15) is 42.3 Å². The predicted molar refractivity (Wildman–Crippen MR) is 126 cm³/mol. The van der Waals surface area contributed by atoms with Crippen molar-refractivity contribution >= 4 is 22.8 Å². The molecule has 0 aliphatic carbocycles. The van der Waals surface area contributed by atoms with Gasteiger partial charge >= 0.3 is 5.97 Å². The van der Waals surface area contributed by atoms with Gasteiger partial charge in [-0.25, -0.2) is 4.79 Å². The maximum Gasteiger partial charge on any atom is 0.338 e. The molecule has 0 spiro atoms. The predicted octanol–water partition coefficient (Wildman–Crippen LogP) is 5.99. The van der Waals surface area contributed by atoms with Gasteiger partial charge in [0.05, 0.1) is 26.9 Å². The maximum absolute atomic E-state index is 12.7. The van der Waals surface area contributed by atoms with Gasteiger partial charge in [-0.3, -0.25) is 0 Å². The maximum atomic E-state index is 12.7. The molecule has 0 fully saturated rings. The second-order valence-electron chi connectivity index (χ2n) is 8.87. The first-order valence-electron chi connectivity index (χ1n) is 10.5. The van der Waals surface area contributed by atoms with Crippen molar-refractivity contribution in [2.45, 2.75) is 26.4 Å². The number of hydrogen-bond acceptors (Lipinski definition) is 5. The molecule has 0 N–H and O–H groups in total. The molecule has 1 aliphatic heterocycles. The first-order valence-corrected chi connectivity index (χ1v) is 10.5. The summed E-state index contributed by atoms with van der Waals surface area (Å²) in [5, 5.41) is 1.63. The van der Waals surface area contributed by atoms with Gasteiger partial charge in [-0.05, 0) is 35.2 Å². The lowest BCUT2D eigenvalue weighted by Crippen LogP contribution is -2.45. The van der Waals surface area contributed by atoms with Crippen LogP contribution in [0.3, 0.4) is 0 Å². The average Bonchev–Trinajstić information content (AvgIpc) is 2.81. The summed E-state index contributed by atoms with van der Waals surface area (Å²) in [5.74, 6) is 1.36. The lowest BCUT2D eigenvalue weighted by Gasteiger charge is -2.45. The molecule has 4 rings (SSSR count). The molecular formula is C27H28O5. The van der Waals surface area contributed by atoms with Crippen molar-refractivity contribution in [1.29, 1.82) is 0 Å². The molecule has 0 aromatic heterocycles. The fourth-order valence-corrected chi connectivity index (χ4v) is 4.34. The lowest BCUT2D eigenvalue weighted by molar-refractivity contribution is 0.00617. The number of benzene rings is 3. The Morgan fingerprint density at radius 1 is 0.938 bits per heavy atom. The smallest absolute Gasteiger partial charge is 0.338 e. The molecule has 0 radical (unpaired) electrons. The van der Waals surface area contributed by atoms with E-state index in [2.05, 4.69) is 32.9 Å². The molecule has 3 aromatic carbocycles. The summed E-state index contributed by atoms with van der Waals surface area (Å²) >= 11 is 0. The Hall–Kier alpha value is -3.47. The van der Waals surface area contributed by atoms with Gasteiger partial charge in [0.1, 0.15) is 5.75 Å². The van der Waals surface area contributed by atoms with E-state index in [-0.39, 0.29) is 5.41 Å². The van der Waals surface area contributed by atoms with E-state index in [4.69, 9.17) is 18.9 Å². The Kier molecular flexibility index (Phi) is 5.37. The Morgan fingerprint density at radius 2 is 1.59 bits per heavy atom. The standard InChI is InChI=1S/C27H28O5/c1-26(2,3)27(18-10-8-7-9-11-18)13-12-19-21(25(28)31-6)14-17-15-22(29-4)23(30-5)16-20(17)24(19)32-27/h7-16H,1-6H3. The normalized spacial score (nSPS) is 17.4. The molecule has 0 saturated carbocycles. The van der Waals surface area contributed by atoms with E-state index in [1.165, 1.54) is 7.11 Å². The van der Waals surface area contributed by atoms with Crippen LogP contribution in [-0.2, 0) is 10.3 Å². The minimum absolute atomic E-state index is 0.285. The summed E-state index contributed by atoms with van der Waals surface area (Å²) in [7, 11) is 4.57. The zero-order valence-electron chi connectivity index (χ0n) is 19.3. The Bertz CT molecular complexity index is 1200. The van der Waals surface area contributed by atoms with Crippen LogP contribution in [0.15, 0.2) is 54.6 Å². The summed E-state index contributed by atoms with van der Waals surface area (Å²) in [5.41, 5.74) is 1.14. The van der Waals surface area contributed by atoms with Crippen molar-refractivity contribution in [2.24, 2.45) is 5.41 Å². The van der Waals surface area contributed by atoms with E-state index < -0.39 is 11.6 Å². The molecule has 1 unspecified atom stereocenters. The fraction of sp³-hybridized carbons (Fsp3) is 0.296. The van der Waals surface area contributed by atoms with Crippen LogP contribution >= 0.6 is 0 Å². The second-order valence-corrected chi connectivity index (χ2v) is 8.87. The second kappa shape index (κ2) is 7.90. The largest absolute Gasteiger partial charge is 0.493 e. The van der Waals surface area contributed by atoms with Gasteiger partial charge in [0.25, 0.3) is 0 Å². The van der Waals surface area contributed by atoms with Crippen molar-refractivity contribution in [3.63, 3.8) is 0 Å². The number of rotatable bonds is 4. The van der Waals surface area contributed by atoms with Crippen LogP contribution in [-0.4, -0.2) is 27.3 Å². The van der Waals surface area contributed by atoms with Crippen LogP contribution in [0.25, 0.3) is 16.8 Å². The zero-order chi connectivity index (χ0) is 23.1. The molecule has 1 heterocycles. The highest BCUT2D eigenvalue weighted by atomic mass is 16.5. The van der Waals surface area contributed by atoms with E-state index in [1.54, 1.807) is 14.2 Å². The molecule has 3 aromatic rings. The molecule has 1 aliphatic rings. The SMILES string of the molecule is COC(=O)c1cc2cc(OC)c(OC)cc2c2c1C=CC(c1ccccc1)(C(C)(C)C)O2. The van der Waals surface area contributed by atoms with Crippen molar-refractivity contribution in [3.8, 4) is 17.2 Å². The van der Waals surface area contributed by atoms with E-state index in [0.717, 1.165) is 16.3 Å². The number of esters is 1. The molecule has 0 amide bonds. The third-order valence-electron chi connectivity index (χ3n) is 6.10. The number of methoxy groups -OCH3 is 3. The topological polar surface area (TPSA) is 54.0 Å². The molecule has 32 heavy (non-hydrogen) atoms. The number of carbonyl (C=O) groups excluding carboxylic acids is 1. The van der Waals surface area contributed by atoms with Gasteiger partial charge in [-0.1, -0.05) is 57.2 Å². The minimum Gasteiger partial charge on any atom is -0.493 e. The minimum atomic E-state index is -0.740. The van der Waals surface area contributed by atoms with Crippen molar-refractivity contribution < 1.29 is 23.7 Å². The van der Waals surface area contributed by atoms with Crippen molar-refractivity contribution in [3.05, 3.63) is 71.3 Å². The highest BCUT2D eigenvalue weighted by Gasteiger charge is 2.46. The number of carbonyl (C=O) groups is 1. The number of hydrogen-bond donors (Lipinski definition) is 0. The van der Waals surface area contributed by atoms with Crippen LogP contribution in [0.5, 0.6) is 17.2 Å². The zero-order valence-corrected chi connectivity index (χ0v) is 19.3. The van der Waals surface area contributed by atoms with E-state index >= 15 is 0 Å². The fourth-order valence-electron chi connectivity index (χ4n) is 4.34. The van der Waals surface area contributed by atoms with Gasteiger partial charge in [-0.2, -0.15) is 0 Å². The van der Waals surface area contributed by atoms with Crippen LogP contribution in [0.2, 0.25) is 0 Å². The van der Waals surface area contributed by atoms with E-state index in [1.807, 2.05) is 48.6 Å². The van der Waals surface area contributed by atoms with E-state index in [9.17, 15) is 4.79 Å². The average molecular weight is 433 g/mol. The highest BCUT2D eigenvalue weighted by molar-refractivity contribution is 6.04. The molecular weight excluding hydrogens is 404 g/mol. The van der Waals surface area contributed by atoms with Crippen molar-refractivity contribution in [1.82, 2.24) is 0 Å². The molecule has 0 bridgehead atoms. The van der Waals surface area contributed by atoms with Crippen LogP contribution in [0.4, 0.5) is 0 Å². The molecule has 5 heteroatoms. The Labute approximate surface area is 188 Å². The van der Waals surface area contributed by atoms with Gasteiger partial charge in [0, 0.05) is 16.4 Å². The first kappa shape index (κ1) is 21.8. The van der Waals surface area contributed by atoms with E-state index in [0.29, 0.717) is 28.4 Å². The Balaban J connectivity index is 2.06. The summed E-state index contributed by atoms with van der Waals surface area (Å²) in [6, 6.07) is 15.7. The summed E-state index contributed by atoms with van der Waals surface area (Å²) in [4.78, 5) is 12.7. The van der Waals surface area contributed by atoms with Gasteiger partial charge in [0.2, 0.25) is 0 Å². The van der Waals surface area contributed by atoms with Crippen molar-refractivity contribution in [2.75, 3.05) is 21.3 Å². The summed E-state index contributed by atoms with van der Waals surface area (Å²) in [6.45, 7) is 6.43. The third-order valence-corrected chi connectivity index (χ3v) is 6.10. The molecule has 1 atom stereocenters. The van der Waals surface area contributed by atoms with Crippen LogP contribution in [0, 0.1) is 5.41 Å². The summed E-state index contributed by atoms with van der Waals surface area (Å²) < 4.78 is 23.0. The quantitative estimate of drug-likeness (QED) is 0.474.